The van der Waals surface area contributed by atoms with Gasteiger partial charge >= 0.3 is 0 Å². The Morgan fingerprint density at radius 3 is 2.69 bits per heavy atom. The molecular formula is C18H13Cl2N3O2S. The molecule has 0 saturated carbocycles. The molecule has 0 radical (unpaired) electrons. The molecule has 1 aliphatic rings. The van der Waals surface area contributed by atoms with Gasteiger partial charge in [-0.15, -0.1) is 0 Å². The lowest BCUT2D eigenvalue weighted by atomic mass is 10.2. The highest BCUT2D eigenvalue weighted by Crippen LogP contribution is 2.32. The molecule has 1 aromatic heterocycles. The average Bonchev–Trinajstić information content (AvgIpc) is 3.12. The van der Waals surface area contributed by atoms with Crippen molar-refractivity contribution in [3.63, 3.8) is 0 Å². The van der Waals surface area contributed by atoms with Crippen molar-refractivity contribution in [3.8, 4) is 5.69 Å². The molecule has 1 atom stereocenters. The largest absolute Gasteiger partial charge is 0.306 e. The zero-order valence-electron chi connectivity index (χ0n) is 13.4. The van der Waals surface area contributed by atoms with Crippen LogP contribution in [0.2, 0.25) is 10.0 Å². The lowest BCUT2D eigenvalue weighted by Gasteiger charge is -2.12. The fraction of sp³-hybridized carbons (Fsp3) is 0.111. The molecule has 1 amide bonds. The highest BCUT2D eigenvalue weighted by Gasteiger charge is 2.28. The number of nitrogens with zero attached hydrogens (tertiary/aromatic N) is 2. The Morgan fingerprint density at radius 2 is 1.92 bits per heavy atom. The zero-order chi connectivity index (χ0) is 18.3. The summed E-state index contributed by atoms with van der Waals surface area (Å²) in [5.74, 6) is 0.878. The first-order chi connectivity index (χ1) is 12.5. The van der Waals surface area contributed by atoms with Crippen LogP contribution in [0.15, 0.2) is 48.5 Å². The van der Waals surface area contributed by atoms with E-state index in [1.165, 1.54) is 0 Å². The van der Waals surface area contributed by atoms with Gasteiger partial charge in [0.15, 0.2) is 0 Å². The molecule has 1 N–H and O–H groups in total. The minimum absolute atomic E-state index is 0.348. The van der Waals surface area contributed by atoms with Crippen molar-refractivity contribution in [1.82, 2.24) is 9.78 Å². The first kappa shape index (κ1) is 17.3. The Labute approximate surface area is 162 Å². The van der Waals surface area contributed by atoms with Crippen molar-refractivity contribution < 1.29 is 9.00 Å². The predicted molar refractivity (Wildman–Crippen MR) is 104 cm³/mol. The fourth-order valence-electron chi connectivity index (χ4n) is 2.87. The quantitative estimate of drug-likeness (QED) is 0.710. The van der Waals surface area contributed by atoms with Gasteiger partial charge in [0, 0.05) is 21.4 Å². The van der Waals surface area contributed by atoms with Gasteiger partial charge in [-0.3, -0.25) is 9.00 Å². The Kier molecular flexibility index (Phi) is 4.56. The molecule has 3 aromatic rings. The van der Waals surface area contributed by atoms with Crippen molar-refractivity contribution in [3.05, 3.63) is 75.4 Å². The maximum Gasteiger partial charge on any atom is 0.258 e. The van der Waals surface area contributed by atoms with E-state index in [2.05, 4.69) is 10.4 Å². The Bertz CT molecular complexity index is 1050. The summed E-state index contributed by atoms with van der Waals surface area (Å²) in [6, 6.07) is 14.0. The summed E-state index contributed by atoms with van der Waals surface area (Å²) < 4.78 is 13.6. The van der Waals surface area contributed by atoms with Crippen molar-refractivity contribution >= 4 is 45.7 Å². The number of carbonyl (C=O) groups is 1. The third-order valence-electron chi connectivity index (χ3n) is 4.07. The van der Waals surface area contributed by atoms with Crippen LogP contribution in [-0.2, 0) is 22.3 Å². The lowest BCUT2D eigenvalue weighted by molar-refractivity contribution is 0.102. The third kappa shape index (κ3) is 3.16. The van der Waals surface area contributed by atoms with Crippen molar-refractivity contribution in [2.45, 2.75) is 11.5 Å². The molecule has 8 heteroatoms. The number of rotatable bonds is 3. The molecule has 5 nitrogen and oxygen atoms in total. The first-order valence-corrected chi connectivity index (χ1v) is 10.0. The highest BCUT2D eigenvalue weighted by molar-refractivity contribution is 7.83. The van der Waals surface area contributed by atoms with Crippen LogP contribution < -0.4 is 5.32 Å². The van der Waals surface area contributed by atoms with E-state index < -0.39 is 10.8 Å². The van der Waals surface area contributed by atoms with E-state index in [1.54, 1.807) is 41.1 Å². The van der Waals surface area contributed by atoms with Crippen LogP contribution in [0.1, 0.15) is 21.6 Å². The molecule has 0 aliphatic carbocycles. The summed E-state index contributed by atoms with van der Waals surface area (Å²) in [5, 5.41) is 8.35. The smallest absolute Gasteiger partial charge is 0.258 e. The van der Waals surface area contributed by atoms with E-state index >= 15 is 0 Å². The minimum Gasteiger partial charge on any atom is -0.306 e. The second kappa shape index (κ2) is 6.87. The summed E-state index contributed by atoms with van der Waals surface area (Å²) >= 11 is 12.2. The van der Waals surface area contributed by atoms with Crippen molar-refractivity contribution in [1.29, 1.82) is 0 Å². The molecule has 0 unspecified atom stereocenters. The van der Waals surface area contributed by atoms with Crippen LogP contribution in [0.5, 0.6) is 0 Å². The van der Waals surface area contributed by atoms with E-state index in [0.29, 0.717) is 38.6 Å². The third-order valence-corrected chi connectivity index (χ3v) is 5.84. The Morgan fingerprint density at radius 1 is 1.12 bits per heavy atom. The second-order valence-electron chi connectivity index (χ2n) is 5.83. The van der Waals surface area contributed by atoms with Gasteiger partial charge in [0.05, 0.1) is 33.5 Å². The number of fused-ring (bicyclic) bond motifs is 1. The van der Waals surface area contributed by atoms with E-state index in [-0.39, 0.29) is 5.91 Å². The normalized spacial score (nSPS) is 15.7. The minimum atomic E-state index is -1.01. The molecule has 2 heterocycles. The fourth-order valence-corrected chi connectivity index (χ4v) is 4.54. The SMILES string of the molecule is O=C(Nc1c2c(nn1-c1cccc(Cl)c1)C[S@@](=O)C2)c1ccccc1Cl. The van der Waals surface area contributed by atoms with Gasteiger partial charge in [-0.25, -0.2) is 4.68 Å². The number of hydrogen-bond acceptors (Lipinski definition) is 3. The molecule has 4 rings (SSSR count). The number of amides is 1. The van der Waals surface area contributed by atoms with E-state index in [9.17, 15) is 9.00 Å². The molecule has 132 valence electrons. The summed E-state index contributed by atoms with van der Waals surface area (Å²) in [5.41, 5.74) is 2.58. The zero-order valence-corrected chi connectivity index (χ0v) is 15.7. The van der Waals surface area contributed by atoms with Gasteiger partial charge in [-0.1, -0.05) is 41.4 Å². The molecular weight excluding hydrogens is 393 g/mol. The summed E-state index contributed by atoms with van der Waals surface area (Å²) in [4.78, 5) is 12.7. The summed E-state index contributed by atoms with van der Waals surface area (Å²) in [7, 11) is -1.01. The van der Waals surface area contributed by atoms with Gasteiger partial charge in [0.25, 0.3) is 5.91 Å². The highest BCUT2D eigenvalue weighted by atomic mass is 35.5. The van der Waals surface area contributed by atoms with Gasteiger partial charge in [0.2, 0.25) is 0 Å². The monoisotopic (exact) mass is 405 g/mol. The van der Waals surface area contributed by atoms with Crippen LogP contribution in [0.4, 0.5) is 5.82 Å². The average molecular weight is 406 g/mol. The molecule has 0 fully saturated rings. The second-order valence-corrected chi connectivity index (χ2v) is 8.13. The van der Waals surface area contributed by atoms with Gasteiger partial charge < -0.3 is 5.32 Å². The number of halogens is 2. The molecule has 1 aliphatic heterocycles. The molecule has 0 spiro atoms. The number of aromatic nitrogens is 2. The van der Waals surface area contributed by atoms with E-state index in [4.69, 9.17) is 23.2 Å². The number of nitrogens with one attached hydrogen (secondary N) is 1. The number of benzene rings is 2. The van der Waals surface area contributed by atoms with Crippen LogP contribution in [-0.4, -0.2) is 19.9 Å². The Hall–Kier alpha value is -2.15. The molecule has 26 heavy (non-hydrogen) atoms. The predicted octanol–water partition coefficient (Wildman–Crippen LogP) is 4.19. The van der Waals surface area contributed by atoms with E-state index in [0.717, 1.165) is 11.3 Å². The van der Waals surface area contributed by atoms with Gasteiger partial charge in [0.1, 0.15) is 5.82 Å². The van der Waals surface area contributed by atoms with Crippen LogP contribution in [0.3, 0.4) is 0 Å². The first-order valence-electron chi connectivity index (χ1n) is 7.80. The summed E-state index contributed by atoms with van der Waals surface area (Å²) in [6.45, 7) is 0. The van der Waals surface area contributed by atoms with Crippen LogP contribution in [0.25, 0.3) is 5.69 Å². The maximum atomic E-state index is 12.7. The molecule has 2 aromatic carbocycles. The standard InChI is InChI=1S/C18H13Cl2N3O2S/c19-11-4-3-5-12(8-11)23-17(14-9-26(25)10-16(14)22-23)21-18(24)13-6-1-2-7-15(13)20/h1-8H,9-10H2,(H,21,24)/t26-/m0/s1. The Balaban J connectivity index is 1.78. The number of carbonyl (C=O) groups excluding carboxylic acids is 1. The van der Waals surface area contributed by atoms with Crippen LogP contribution >= 0.6 is 23.2 Å². The van der Waals surface area contributed by atoms with Crippen LogP contribution in [0, 0.1) is 0 Å². The van der Waals surface area contributed by atoms with E-state index in [1.807, 2.05) is 12.1 Å². The molecule has 0 bridgehead atoms. The lowest BCUT2D eigenvalue weighted by Crippen LogP contribution is -2.17. The van der Waals surface area contributed by atoms with Gasteiger partial charge in [-0.05, 0) is 30.3 Å². The topological polar surface area (TPSA) is 64.0 Å². The van der Waals surface area contributed by atoms with Crippen molar-refractivity contribution in [2.75, 3.05) is 5.32 Å². The number of hydrogen-bond donors (Lipinski definition) is 1. The van der Waals surface area contributed by atoms with Gasteiger partial charge in [-0.2, -0.15) is 5.10 Å². The number of anilines is 1. The maximum absolute atomic E-state index is 12.7. The summed E-state index contributed by atoms with van der Waals surface area (Å²) in [6.07, 6.45) is 0. The van der Waals surface area contributed by atoms with Crippen molar-refractivity contribution in [2.24, 2.45) is 0 Å². The molecule has 0 saturated heterocycles.